The largest absolute Gasteiger partial charge is 0.383 e. The number of likely N-dealkylation sites (tertiary alicyclic amines) is 1. The Morgan fingerprint density at radius 3 is 2.73 bits per heavy atom. The van der Waals surface area contributed by atoms with Crippen LogP contribution in [0.1, 0.15) is 25.3 Å². The molecule has 1 aromatic rings. The van der Waals surface area contributed by atoms with Crippen molar-refractivity contribution in [1.82, 2.24) is 15.5 Å². The van der Waals surface area contributed by atoms with Crippen LogP contribution in [0.3, 0.4) is 0 Å². The molecule has 0 bridgehead atoms. The van der Waals surface area contributed by atoms with E-state index in [1.165, 1.54) is 25.0 Å². The number of ether oxygens (including phenoxy) is 1. The summed E-state index contributed by atoms with van der Waals surface area (Å²) in [5.74, 6) is 1.25. The van der Waals surface area contributed by atoms with Crippen molar-refractivity contribution in [1.29, 1.82) is 0 Å². The van der Waals surface area contributed by atoms with Crippen LogP contribution < -0.4 is 10.6 Å². The molecule has 0 aliphatic carbocycles. The molecular formula is C19H32FIN4O. The van der Waals surface area contributed by atoms with Gasteiger partial charge in [-0.1, -0.05) is 12.1 Å². The Labute approximate surface area is 173 Å². The summed E-state index contributed by atoms with van der Waals surface area (Å²) in [5.41, 5.74) is 0.878. The van der Waals surface area contributed by atoms with Crippen LogP contribution in [0.25, 0.3) is 0 Å². The molecule has 1 fully saturated rings. The van der Waals surface area contributed by atoms with E-state index in [-0.39, 0.29) is 29.8 Å². The summed E-state index contributed by atoms with van der Waals surface area (Å²) in [4.78, 5) is 7.03. The number of rotatable bonds is 8. The van der Waals surface area contributed by atoms with E-state index in [4.69, 9.17) is 4.74 Å². The van der Waals surface area contributed by atoms with Crippen molar-refractivity contribution in [2.24, 2.45) is 10.9 Å². The second-order valence-corrected chi connectivity index (χ2v) is 6.48. The summed E-state index contributed by atoms with van der Waals surface area (Å²) in [6, 6.07) is 6.60. The van der Waals surface area contributed by atoms with Crippen molar-refractivity contribution in [3.63, 3.8) is 0 Å². The van der Waals surface area contributed by atoms with Gasteiger partial charge in [0.2, 0.25) is 0 Å². The van der Waals surface area contributed by atoms with Gasteiger partial charge in [-0.05, 0) is 56.5 Å². The molecule has 1 heterocycles. The zero-order valence-corrected chi connectivity index (χ0v) is 18.2. The number of halogens is 2. The number of nitrogens with zero attached hydrogens (tertiary/aromatic N) is 2. The first-order chi connectivity index (χ1) is 12.2. The van der Waals surface area contributed by atoms with E-state index >= 15 is 0 Å². The zero-order chi connectivity index (χ0) is 17.9. The van der Waals surface area contributed by atoms with Gasteiger partial charge in [0.15, 0.2) is 5.96 Å². The van der Waals surface area contributed by atoms with E-state index in [1.54, 1.807) is 13.2 Å². The Hall–Kier alpha value is -0.930. The van der Waals surface area contributed by atoms with E-state index in [0.29, 0.717) is 12.5 Å². The normalized spacial score (nSPS) is 16.2. The molecule has 2 N–H and O–H groups in total. The summed E-state index contributed by atoms with van der Waals surface area (Å²) >= 11 is 0. The average Bonchev–Trinajstić information content (AvgIpc) is 2.63. The first-order valence-electron chi connectivity index (χ1n) is 9.19. The summed E-state index contributed by atoms with van der Waals surface area (Å²) in [6.45, 7) is 8.35. The van der Waals surface area contributed by atoms with Crippen molar-refractivity contribution in [3.05, 3.63) is 35.6 Å². The van der Waals surface area contributed by atoms with Crippen molar-refractivity contribution in [2.45, 2.75) is 26.3 Å². The highest BCUT2D eigenvalue weighted by Crippen LogP contribution is 2.16. The van der Waals surface area contributed by atoms with Crippen LogP contribution >= 0.6 is 24.0 Å². The molecule has 26 heavy (non-hydrogen) atoms. The minimum Gasteiger partial charge on any atom is -0.383 e. The fourth-order valence-corrected chi connectivity index (χ4v) is 3.02. The number of hydrogen-bond acceptors (Lipinski definition) is 3. The Morgan fingerprint density at radius 1 is 1.31 bits per heavy atom. The molecule has 0 spiro atoms. The summed E-state index contributed by atoms with van der Waals surface area (Å²) in [7, 11) is 1.75. The number of nitrogens with one attached hydrogen (secondary N) is 2. The van der Waals surface area contributed by atoms with Crippen LogP contribution in [0.4, 0.5) is 4.39 Å². The van der Waals surface area contributed by atoms with Gasteiger partial charge in [-0.3, -0.25) is 0 Å². The number of piperidine rings is 1. The lowest BCUT2D eigenvalue weighted by molar-refractivity contribution is 0.121. The van der Waals surface area contributed by atoms with E-state index in [0.717, 1.165) is 50.9 Å². The Kier molecular flexibility index (Phi) is 11.8. The highest BCUT2D eigenvalue weighted by molar-refractivity contribution is 14.0. The molecule has 1 saturated heterocycles. The predicted octanol–water partition coefficient (Wildman–Crippen LogP) is 2.86. The number of methoxy groups -OCH3 is 1. The molecule has 1 aliphatic heterocycles. The molecule has 7 heteroatoms. The smallest absolute Gasteiger partial charge is 0.191 e. The molecule has 2 rings (SSSR count). The second kappa shape index (κ2) is 13.3. The van der Waals surface area contributed by atoms with Gasteiger partial charge in [-0.15, -0.1) is 24.0 Å². The number of aliphatic imine (C=N–C) groups is 1. The van der Waals surface area contributed by atoms with Gasteiger partial charge in [0, 0.05) is 26.7 Å². The maximum Gasteiger partial charge on any atom is 0.191 e. The summed E-state index contributed by atoms with van der Waals surface area (Å²) < 4.78 is 18.4. The zero-order valence-electron chi connectivity index (χ0n) is 15.8. The van der Waals surface area contributed by atoms with Gasteiger partial charge in [-0.2, -0.15) is 0 Å². The number of benzene rings is 1. The lowest BCUT2D eigenvalue weighted by Crippen LogP contribution is -2.43. The molecule has 0 saturated carbocycles. The second-order valence-electron chi connectivity index (χ2n) is 6.48. The lowest BCUT2D eigenvalue weighted by atomic mass is 9.97. The molecule has 148 valence electrons. The van der Waals surface area contributed by atoms with E-state index in [1.807, 2.05) is 13.0 Å². The minimum atomic E-state index is -0.217. The molecular weight excluding hydrogens is 446 g/mol. The van der Waals surface area contributed by atoms with Gasteiger partial charge in [-0.25, -0.2) is 9.38 Å². The predicted molar refractivity (Wildman–Crippen MR) is 116 cm³/mol. The molecule has 0 radical (unpaired) electrons. The first kappa shape index (κ1) is 23.1. The van der Waals surface area contributed by atoms with Gasteiger partial charge < -0.3 is 20.3 Å². The maximum atomic E-state index is 13.2. The first-order valence-corrected chi connectivity index (χ1v) is 9.19. The standard InChI is InChI=1S/C19H31FN4O.HI/c1-3-21-19(23-15-17-5-4-6-18(20)13-17)22-14-16-7-9-24(10-8-16)11-12-25-2;/h4-6,13,16H,3,7-12,14-15H2,1-2H3,(H2,21,22,23);1H. The molecule has 0 unspecified atom stereocenters. The minimum absolute atomic E-state index is 0. The summed E-state index contributed by atoms with van der Waals surface area (Å²) in [6.07, 6.45) is 2.39. The Balaban J connectivity index is 0.00000338. The van der Waals surface area contributed by atoms with Gasteiger partial charge >= 0.3 is 0 Å². The Bertz CT molecular complexity index is 536. The molecule has 5 nitrogen and oxygen atoms in total. The highest BCUT2D eigenvalue weighted by Gasteiger charge is 2.18. The summed E-state index contributed by atoms with van der Waals surface area (Å²) in [5, 5.41) is 6.70. The van der Waals surface area contributed by atoms with Crippen molar-refractivity contribution >= 4 is 29.9 Å². The number of hydrogen-bond donors (Lipinski definition) is 2. The van der Waals surface area contributed by atoms with E-state index in [2.05, 4.69) is 20.5 Å². The molecule has 1 aromatic carbocycles. The quantitative estimate of drug-likeness (QED) is 0.343. The highest BCUT2D eigenvalue weighted by atomic mass is 127. The SMILES string of the molecule is CCNC(=NCc1cccc(F)c1)NCC1CCN(CCOC)CC1.I. The fraction of sp³-hybridized carbons (Fsp3) is 0.632. The third-order valence-electron chi connectivity index (χ3n) is 4.53. The molecule has 0 atom stereocenters. The molecule has 1 aliphatic rings. The Morgan fingerprint density at radius 2 is 2.08 bits per heavy atom. The van der Waals surface area contributed by atoms with Crippen LogP contribution in [0, 0.1) is 11.7 Å². The van der Waals surface area contributed by atoms with Crippen LogP contribution in [-0.4, -0.2) is 57.3 Å². The van der Waals surface area contributed by atoms with Crippen molar-refractivity contribution in [2.75, 3.05) is 46.4 Å². The van der Waals surface area contributed by atoms with Crippen LogP contribution in [-0.2, 0) is 11.3 Å². The lowest BCUT2D eigenvalue weighted by Gasteiger charge is -2.32. The monoisotopic (exact) mass is 478 g/mol. The average molecular weight is 478 g/mol. The van der Waals surface area contributed by atoms with Gasteiger partial charge in [0.05, 0.1) is 13.2 Å². The van der Waals surface area contributed by atoms with Crippen molar-refractivity contribution < 1.29 is 9.13 Å². The van der Waals surface area contributed by atoms with E-state index < -0.39 is 0 Å². The van der Waals surface area contributed by atoms with Crippen LogP contribution in [0.2, 0.25) is 0 Å². The third kappa shape index (κ3) is 8.64. The van der Waals surface area contributed by atoms with E-state index in [9.17, 15) is 4.39 Å². The molecule has 0 amide bonds. The van der Waals surface area contributed by atoms with Crippen LogP contribution in [0.5, 0.6) is 0 Å². The maximum absolute atomic E-state index is 13.2. The van der Waals surface area contributed by atoms with Crippen molar-refractivity contribution in [3.8, 4) is 0 Å². The number of guanidine groups is 1. The fourth-order valence-electron chi connectivity index (χ4n) is 3.02. The van der Waals surface area contributed by atoms with Gasteiger partial charge in [0.25, 0.3) is 0 Å². The van der Waals surface area contributed by atoms with Crippen LogP contribution in [0.15, 0.2) is 29.3 Å². The van der Waals surface area contributed by atoms with Gasteiger partial charge in [0.1, 0.15) is 5.82 Å². The third-order valence-corrected chi connectivity index (χ3v) is 4.53. The topological polar surface area (TPSA) is 48.9 Å². The molecule has 0 aromatic heterocycles.